The Morgan fingerprint density at radius 2 is 0.677 bits per heavy atom. The second-order valence-electron chi connectivity index (χ2n) is 9.10. The molecule has 0 aliphatic rings. The molecule has 6 nitrogen and oxygen atoms in total. The van der Waals surface area contributed by atoms with Gasteiger partial charge < -0.3 is 15.3 Å². The minimum absolute atomic E-state index is 0. The Hall–Kier alpha value is -0.343. The molecule has 0 unspecified atom stereocenters. The summed E-state index contributed by atoms with van der Waals surface area (Å²) in [5.41, 5.74) is 0. The van der Waals surface area contributed by atoms with E-state index < -0.39 is 17.9 Å². The maximum atomic E-state index is 10.0. The van der Waals surface area contributed by atoms with Gasteiger partial charge in [-0.1, -0.05) is 80.1 Å². The van der Waals surface area contributed by atoms with Crippen LogP contribution in [0.5, 0.6) is 0 Å². The molecule has 0 bridgehead atoms. The molecule has 0 saturated heterocycles. The number of unbranched alkanes of at least 4 members (excludes halogenated alkanes) is 3. The molecule has 0 saturated carbocycles. The Morgan fingerprint density at radius 3 is 0.806 bits per heavy atom. The molecule has 0 aromatic heterocycles. The third kappa shape index (κ3) is 53.2. The molecule has 0 atom stereocenters. The minimum Gasteiger partial charge on any atom is -0.481 e. The van der Waals surface area contributed by atoms with Crippen molar-refractivity contribution in [1.82, 2.24) is 0 Å². The quantitative estimate of drug-likeness (QED) is 0.177. The van der Waals surface area contributed by atoms with Crippen molar-refractivity contribution in [2.24, 2.45) is 17.8 Å². The molecule has 7 heteroatoms. The van der Waals surface area contributed by atoms with Gasteiger partial charge in [0.15, 0.2) is 0 Å². The number of hydrogen-bond donors (Lipinski definition) is 3. The summed E-state index contributed by atoms with van der Waals surface area (Å²) in [6, 6.07) is 0. The number of carbonyl (C=O) groups is 3. The molecular weight excluding hydrogens is 552 g/mol. The van der Waals surface area contributed by atoms with Crippen molar-refractivity contribution in [3.05, 3.63) is 0 Å². The van der Waals surface area contributed by atoms with Gasteiger partial charge in [0.05, 0.1) is 0 Å². The molecular formula is C24H48ErO6. The van der Waals surface area contributed by atoms with Gasteiger partial charge in [0.25, 0.3) is 0 Å². The van der Waals surface area contributed by atoms with Gasteiger partial charge in [0.2, 0.25) is 0 Å². The average Bonchev–Trinajstić information content (AvgIpc) is 2.60. The van der Waals surface area contributed by atoms with E-state index in [1.165, 1.54) is 0 Å². The van der Waals surface area contributed by atoms with E-state index in [0.29, 0.717) is 37.0 Å². The molecule has 0 amide bonds. The summed E-state index contributed by atoms with van der Waals surface area (Å²) in [5.74, 6) is 0.0765. The van der Waals surface area contributed by atoms with Crippen molar-refractivity contribution in [1.29, 1.82) is 0 Å². The zero-order valence-corrected chi connectivity index (χ0v) is 22.4. The van der Waals surface area contributed by atoms with Crippen molar-refractivity contribution < 1.29 is 67.0 Å². The Kier molecular flexibility index (Phi) is 33.9. The summed E-state index contributed by atoms with van der Waals surface area (Å²) in [6.45, 7) is 12.9. The van der Waals surface area contributed by atoms with Gasteiger partial charge >= 0.3 is 17.9 Å². The third-order valence-electron chi connectivity index (χ3n) is 4.27. The Labute approximate surface area is 220 Å². The number of rotatable bonds is 15. The average molecular weight is 600 g/mol. The van der Waals surface area contributed by atoms with E-state index in [2.05, 4.69) is 41.5 Å². The van der Waals surface area contributed by atoms with E-state index in [-0.39, 0.29) is 37.3 Å². The summed E-state index contributed by atoms with van der Waals surface area (Å²) >= 11 is 0. The Balaban J connectivity index is -0.000000174. The molecule has 0 aromatic rings. The summed E-state index contributed by atoms with van der Waals surface area (Å²) in [5, 5.41) is 24.8. The van der Waals surface area contributed by atoms with Gasteiger partial charge in [-0.05, 0) is 37.0 Å². The molecule has 0 heterocycles. The van der Waals surface area contributed by atoms with E-state index in [1.807, 2.05) is 0 Å². The van der Waals surface area contributed by atoms with Crippen LogP contribution < -0.4 is 0 Å². The fourth-order valence-corrected chi connectivity index (χ4v) is 2.49. The summed E-state index contributed by atoms with van der Waals surface area (Å²) in [6.07, 6.45) is 10.0. The SMILES string of the molecule is CC(C)CCCCC(=O)O.CC(C)CCCCC(=O)O.CC(C)CCCCC(=O)O.[Er]. The molecule has 0 fully saturated rings. The van der Waals surface area contributed by atoms with Crippen molar-refractivity contribution in [2.75, 3.05) is 0 Å². The normalized spacial score (nSPS) is 9.97. The predicted molar refractivity (Wildman–Crippen MR) is 123 cm³/mol. The minimum atomic E-state index is -0.677. The van der Waals surface area contributed by atoms with Gasteiger partial charge in [-0.3, -0.25) is 14.4 Å². The first-order valence-electron chi connectivity index (χ1n) is 11.5. The second kappa shape index (κ2) is 27.7. The maximum absolute atomic E-state index is 10.0. The number of aliphatic carboxylic acids is 3. The van der Waals surface area contributed by atoms with Crippen LogP contribution in [-0.4, -0.2) is 33.2 Å². The fraction of sp³-hybridized carbons (Fsp3) is 0.875. The Bertz CT molecular complexity index is 360. The van der Waals surface area contributed by atoms with Crippen LogP contribution >= 0.6 is 0 Å². The summed E-state index contributed by atoms with van der Waals surface area (Å²) in [4.78, 5) is 30.1. The van der Waals surface area contributed by atoms with Crippen LogP contribution in [0.25, 0.3) is 0 Å². The fourth-order valence-electron chi connectivity index (χ4n) is 2.49. The van der Waals surface area contributed by atoms with E-state index >= 15 is 0 Å². The van der Waals surface area contributed by atoms with Gasteiger partial charge in [0.1, 0.15) is 0 Å². The van der Waals surface area contributed by atoms with Crippen LogP contribution in [-0.2, 0) is 14.4 Å². The molecule has 0 aliphatic heterocycles. The number of hydrogen-bond acceptors (Lipinski definition) is 3. The molecule has 0 spiro atoms. The predicted octanol–water partition coefficient (Wildman–Crippen LogP) is 6.86. The number of carboxylic acid groups (broad SMARTS) is 3. The van der Waals surface area contributed by atoms with Crippen LogP contribution in [0.1, 0.15) is 119 Å². The van der Waals surface area contributed by atoms with Crippen LogP contribution in [0, 0.1) is 55.1 Å². The van der Waals surface area contributed by atoms with E-state index in [4.69, 9.17) is 15.3 Å². The summed E-state index contributed by atoms with van der Waals surface area (Å²) in [7, 11) is 0. The first-order chi connectivity index (χ1) is 13.9. The number of carboxylic acids is 3. The van der Waals surface area contributed by atoms with Crippen molar-refractivity contribution in [3.63, 3.8) is 0 Å². The first-order valence-corrected chi connectivity index (χ1v) is 11.5. The smallest absolute Gasteiger partial charge is 0.303 e. The van der Waals surface area contributed by atoms with Crippen molar-refractivity contribution in [2.45, 2.75) is 119 Å². The molecule has 3 N–H and O–H groups in total. The van der Waals surface area contributed by atoms with Crippen molar-refractivity contribution >= 4 is 17.9 Å². The standard InChI is InChI=1S/3C8H16O2.Er/c3*1-7(2)5-3-4-6-8(9)10;/h3*7H,3-6H2,1-2H3,(H,9,10);. The van der Waals surface area contributed by atoms with Crippen LogP contribution in [0.2, 0.25) is 0 Å². The molecule has 31 heavy (non-hydrogen) atoms. The van der Waals surface area contributed by atoms with E-state index in [1.54, 1.807) is 0 Å². The second-order valence-corrected chi connectivity index (χ2v) is 9.10. The van der Waals surface area contributed by atoms with Crippen LogP contribution in [0.3, 0.4) is 0 Å². The van der Waals surface area contributed by atoms with E-state index in [0.717, 1.165) is 57.8 Å². The third-order valence-corrected chi connectivity index (χ3v) is 4.27. The Morgan fingerprint density at radius 1 is 0.484 bits per heavy atom. The van der Waals surface area contributed by atoms with Crippen LogP contribution in [0.15, 0.2) is 0 Å². The molecule has 0 aromatic carbocycles. The zero-order chi connectivity index (χ0) is 23.9. The monoisotopic (exact) mass is 598 g/mol. The van der Waals surface area contributed by atoms with E-state index in [9.17, 15) is 14.4 Å². The topological polar surface area (TPSA) is 112 Å². The molecule has 192 valence electrons. The largest absolute Gasteiger partial charge is 0.481 e. The van der Waals surface area contributed by atoms with Gasteiger partial charge in [-0.25, -0.2) is 0 Å². The molecule has 0 aliphatic carbocycles. The van der Waals surface area contributed by atoms with Crippen molar-refractivity contribution in [3.8, 4) is 0 Å². The maximum Gasteiger partial charge on any atom is 0.303 e. The van der Waals surface area contributed by atoms with Gasteiger partial charge in [-0.15, -0.1) is 0 Å². The zero-order valence-electron chi connectivity index (χ0n) is 20.6. The first kappa shape index (κ1) is 37.9. The van der Waals surface area contributed by atoms with Crippen LogP contribution in [0.4, 0.5) is 0 Å². The van der Waals surface area contributed by atoms with Gasteiger partial charge in [0, 0.05) is 56.6 Å². The molecule has 0 radical (unpaired) electrons. The summed E-state index contributed by atoms with van der Waals surface area (Å²) < 4.78 is 0. The van der Waals surface area contributed by atoms with Gasteiger partial charge in [-0.2, -0.15) is 0 Å². The molecule has 0 rings (SSSR count).